The van der Waals surface area contributed by atoms with Crippen LogP contribution in [0.2, 0.25) is 0 Å². The van der Waals surface area contributed by atoms with Gasteiger partial charge in [-0.3, -0.25) is 0 Å². The Kier molecular flexibility index (Phi) is 7.47. The maximum Gasteiger partial charge on any atom is 0.169 e. The number of hydrogen-bond acceptors (Lipinski definition) is 5. The molecule has 0 atom stereocenters. The lowest BCUT2D eigenvalue weighted by Crippen LogP contribution is -2.48. The van der Waals surface area contributed by atoms with Crippen molar-refractivity contribution in [2.24, 2.45) is 10.4 Å². The molecule has 0 N–H and O–H groups in total. The number of aliphatic imine (C=N–C) groups is 1. The van der Waals surface area contributed by atoms with Crippen LogP contribution in [-0.2, 0) is 6.61 Å². The van der Waals surface area contributed by atoms with Crippen LogP contribution in [0.25, 0.3) is 10.8 Å². The molecule has 1 heterocycles. The highest BCUT2D eigenvalue weighted by atomic mass is 32.2. The smallest absolute Gasteiger partial charge is 0.169 e. The van der Waals surface area contributed by atoms with E-state index in [1.165, 1.54) is 32.1 Å². The van der Waals surface area contributed by atoms with Gasteiger partial charge in [-0.2, -0.15) is 0 Å². The zero-order valence-electron chi connectivity index (χ0n) is 19.5. The van der Waals surface area contributed by atoms with E-state index in [1.54, 1.807) is 11.8 Å². The molecule has 0 bridgehead atoms. The zero-order valence-corrected chi connectivity index (χ0v) is 22.0. The van der Waals surface area contributed by atoms with E-state index < -0.39 is 0 Å². The molecule has 176 valence electrons. The van der Waals surface area contributed by atoms with Crippen LogP contribution in [0.4, 0.5) is 5.69 Å². The van der Waals surface area contributed by atoms with Crippen LogP contribution < -0.4 is 4.74 Å². The molecule has 2 aliphatic rings. The van der Waals surface area contributed by atoms with Gasteiger partial charge in [0, 0.05) is 17.7 Å². The van der Waals surface area contributed by atoms with Crippen molar-refractivity contribution >= 4 is 61.7 Å². The van der Waals surface area contributed by atoms with Crippen LogP contribution in [0.15, 0.2) is 71.7 Å². The number of amidine groups is 1. The second-order valence-electron chi connectivity index (χ2n) is 9.23. The van der Waals surface area contributed by atoms with Gasteiger partial charge in [-0.05, 0) is 53.7 Å². The second kappa shape index (κ2) is 10.7. The molecule has 0 amide bonds. The standard InChI is InChI=1S/C28H30N2OS3/c1-33-27(32)30-19-28(15-6-3-7-16-28)20-34-26(30)29-25-12-8-11-22-13-14-23(17-24(22)25)31-18-21-9-4-2-5-10-21/h2,4-5,8-14,17H,3,6-7,15-16,18-20H2,1H3. The molecule has 2 fully saturated rings. The molecule has 3 aromatic rings. The number of nitrogens with zero attached hydrogens (tertiary/aromatic N) is 2. The molecule has 0 aromatic heterocycles. The number of fused-ring (bicyclic) bond motifs is 1. The minimum absolute atomic E-state index is 0.374. The first-order valence-corrected chi connectivity index (χ1v) is 14.5. The van der Waals surface area contributed by atoms with E-state index in [0.717, 1.165) is 49.6 Å². The average molecular weight is 507 g/mol. The number of thioether (sulfide) groups is 2. The van der Waals surface area contributed by atoms with Crippen molar-refractivity contribution in [1.82, 2.24) is 4.90 Å². The van der Waals surface area contributed by atoms with Crippen molar-refractivity contribution in [2.75, 3.05) is 18.6 Å². The van der Waals surface area contributed by atoms with Crippen molar-refractivity contribution < 1.29 is 4.74 Å². The Balaban J connectivity index is 1.44. The van der Waals surface area contributed by atoms with Gasteiger partial charge in [0.25, 0.3) is 0 Å². The third-order valence-electron chi connectivity index (χ3n) is 6.84. The molecule has 1 aliphatic heterocycles. The Morgan fingerprint density at radius 2 is 1.88 bits per heavy atom. The molecule has 34 heavy (non-hydrogen) atoms. The highest BCUT2D eigenvalue weighted by Gasteiger charge is 2.40. The first-order valence-electron chi connectivity index (χ1n) is 11.9. The number of thiocarbonyl (C=S) groups is 1. The van der Waals surface area contributed by atoms with Crippen LogP contribution in [0.5, 0.6) is 5.75 Å². The molecule has 6 heteroatoms. The van der Waals surface area contributed by atoms with Gasteiger partial charge in [0.2, 0.25) is 0 Å². The predicted octanol–water partition coefficient (Wildman–Crippen LogP) is 8.05. The van der Waals surface area contributed by atoms with Crippen molar-refractivity contribution in [3.8, 4) is 5.75 Å². The van der Waals surface area contributed by atoms with Crippen LogP contribution in [-0.4, -0.2) is 32.9 Å². The molecule has 0 unspecified atom stereocenters. The monoisotopic (exact) mass is 506 g/mol. The maximum atomic E-state index is 6.11. The number of hydrogen-bond donors (Lipinski definition) is 0. The van der Waals surface area contributed by atoms with E-state index in [4.69, 9.17) is 21.9 Å². The number of benzene rings is 3. The normalized spacial score (nSPS) is 19.0. The van der Waals surface area contributed by atoms with Crippen molar-refractivity contribution in [3.63, 3.8) is 0 Å². The highest BCUT2D eigenvalue weighted by Crippen LogP contribution is 2.45. The number of rotatable bonds is 4. The molecule has 1 spiro atoms. The van der Waals surface area contributed by atoms with E-state index in [1.807, 2.05) is 36.0 Å². The van der Waals surface area contributed by atoms with Crippen molar-refractivity contribution in [1.29, 1.82) is 0 Å². The van der Waals surface area contributed by atoms with E-state index in [2.05, 4.69) is 53.6 Å². The summed E-state index contributed by atoms with van der Waals surface area (Å²) in [4.78, 5) is 7.48. The molecule has 0 radical (unpaired) electrons. The summed E-state index contributed by atoms with van der Waals surface area (Å²) in [6.45, 7) is 1.55. The Morgan fingerprint density at radius 3 is 2.68 bits per heavy atom. The second-order valence-corrected chi connectivity index (χ2v) is 11.6. The lowest BCUT2D eigenvalue weighted by molar-refractivity contribution is 0.194. The summed E-state index contributed by atoms with van der Waals surface area (Å²) in [6, 6.07) is 22.9. The topological polar surface area (TPSA) is 24.8 Å². The average Bonchev–Trinajstić information content (AvgIpc) is 2.89. The van der Waals surface area contributed by atoms with Crippen LogP contribution in [0, 0.1) is 5.41 Å². The lowest BCUT2D eigenvalue weighted by atomic mass is 9.75. The number of ether oxygens (including phenoxy) is 1. The van der Waals surface area contributed by atoms with Crippen molar-refractivity contribution in [3.05, 3.63) is 72.3 Å². The minimum Gasteiger partial charge on any atom is -0.489 e. The minimum atomic E-state index is 0.374. The van der Waals surface area contributed by atoms with E-state index in [-0.39, 0.29) is 0 Å². The largest absolute Gasteiger partial charge is 0.489 e. The molecular weight excluding hydrogens is 477 g/mol. The van der Waals surface area contributed by atoms with Gasteiger partial charge in [-0.1, -0.05) is 104 Å². The predicted molar refractivity (Wildman–Crippen MR) is 153 cm³/mol. The van der Waals surface area contributed by atoms with E-state index >= 15 is 0 Å². The Bertz CT molecular complexity index is 1190. The molecule has 3 aromatic carbocycles. The molecule has 1 aliphatic carbocycles. The molecule has 3 nitrogen and oxygen atoms in total. The van der Waals surface area contributed by atoms with Crippen LogP contribution >= 0.6 is 35.7 Å². The summed E-state index contributed by atoms with van der Waals surface area (Å²) in [5, 5.41) is 3.30. The SMILES string of the molecule is CSC(=S)N1CC2(CCCCC2)CSC1=Nc1cccc2ccc(OCc3ccccc3)cc12. The summed E-state index contributed by atoms with van der Waals surface area (Å²) in [7, 11) is 0. The van der Waals surface area contributed by atoms with Gasteiger partial charge >= 0.3 is 0 Å². The molecule has 1 saturated heterocycles. The first-order chi connectivity index (χ1) is 16.7. The zero-order chi connectivity index (χ0) is 23.4. The summed E-state index contributed by atoms with van der Waals surface area (Å²) in [6.07, 6.45) is 8.71. The van der Waals surface area contributed by atoms with Crippen molar-refractivity contribution in [2.45, 2.75) is 38.7 Å². The quantitative estimate of drug-likeness (QED) is 0.333. The Morgan fingerprint density at radius 1 is 1.06 bits per heavy atom. The maximum absolute atomic E-state index is 6.11. The molecule has 5 rings (SSSR count). The van der Waals surface area contributed by atoms with Gasteiger partial charge in [0.15, 0.2) is 5.17 Å². The Labute approximate surface area is 216 Å². The summed E-state index contributed by atoms with van der Waals surface area (Å²) >= 11 is 9.32. The van der Waals surface area contributed by atoms with E-state index in [9.17, 15) is 0 Å². The summed E-state index contributed by atoms with van der Waals surface area (Å²) in [5.41, 5.74) is 2.50. The summed E-state index contributed by atoms with van der Waals surface area (Å²) < 4.78 is 7.03. The van der Waals surface area contributed by atoms with Gasteiger partial charge < -0.3 is 9.64 Å². The lowest BCUT2D eigenvalue weighted by Gasteiger charge is -2.45. The first kappa shape index (κ1) is 23.7. The van der Waals surface area contributed by atoms with Crippen LogP contribution in [0.1, 0.15) is 37.7 Å². The molecular formula is C28H30N2OS3. The Hall–Kier alpha value is -2.02. The van der Waals surface area contributed by atoms with E-state index in [0.29, 0.717) is 12.0 Å². The fourth-order valence-electron chi connectivity index (χ4n) is 4.96. The fraction of sp³-hybridized carbons (Fsp3) is 0.357. The third-order valence-corrected chi connectivity index (χ3v) is 9.45. The van der Waals surface area contributed by atoms with Crippen LogP contribution in [0.3, 0.4) is 0 Å². The highest BCUT2D eigenvalue weighted by molar-refractivity contribution is 8.23. The fourth-order valence-corrected chi connectivity index (χ4v) is 6.89. The van der Waals surface area contributed by atoms with Gasteiger partial charge in [0.1, 0.15) is 16.7 Å². The van der Waals surface area contributed by atoms with Gasteiger partial charge in [-0.25, -0.2) is 4.99 Å². The van der Waals surface area contributed by atoms with Gasteiger partial charge in [0.05, 0.1) is 5.69 Å². The summed E-state index contributed by atoms with van der Waals surface area (Å²) in [5.74, 6) is 1.99. The van der Waals surface area contributed by atoms with Gasteiger partial charge in [-0.15, -0.1) is 0 Å². The third kappa shape index (κ3) is 5.29. The molecule has 1 saturated carbocycles.